The Hall–Kier alpha value is -1.21. The Labute approximate surface area is 104 Å². The molecule has 0 spiro atoms. The summed E-state index contributed by atoms with van der Waals surface area (Å²) in [6.45, 7) is 4.25. The van der Waals surface area contributed by atoms with Gasteiger partial charge in [-0.2, -0.15) is 4.37 Å². The van der Waals surface area contributed by atoms with Crippen LogP contribution in [0.5, 0.6) is 0 Å². The van der Waals surface area contributed by atoms with Crippen molar-refractivity contribution in [2.24, 2.45) is 5.92 Å². The van der Waals surface area contributed by atoms with E-state index in [1.54, 1.807) is 7.11 Å². The summed E-state index contributed by atoms with van der Waals surface area (Å²) >= 11 is 1.17. The molecule has 0 aliphatic carbocycles. The average Bonchev–Trinajstić information content (AvgIpc) is 2.70. The Bertz CT molecular complexity index is 367. The molecule has 0 radical (unpaired) electrons. The van der Waals surface area contributed by atoms with Gasteiger partial charge in [-0.05, 0) is 5.92 Å². The summed E-state index contributed by atoms with van der Waals surface area (Å²) in [6.07, 6.45) is 0.633. The van der Waals surface area contributed by atoms with Gasteiger partial charge in [0.15, 0.2) is 0 Å². The minimum atomic E-state index is -0.881. The maximum absolute atomic E-state index is 11.0. The lowest BCUT2D eigenvalue weighted by Crippen LogP contribution is -2.34. The van der Waals surface area contributed by atoms with Gasteiger partial charge in [-0.1, -0.05) is 13.8 Å². The van der Waals surface area contributed by atoms with Gasteiger partial charge in [-0.3, -0.25) is 0 Å². The lowest BCUT2D eigenvalue weighted by atomic mass is 10.1. The number of hydrogen-bond donors (Lipinski definition) is 2. The fourth-order valence-corrected chi connectivity index (χ4v) is 1.90. The highest BCUT2D eigenvalue weighted by atomic mass is 32.1. The first-order chi connectivity index (χ1) is 8.04. The van der Waals surface area contributed by atoms with Gasteiger partial charge in [0.25, 0.3) is 0 Å². The zero-order valence-corrected chi connectivity index (χ0v) is 11.0. The monoisotopic (exact) mass is 259 g/mol. The second-order valence-electron chi connectivity index (χ2n) is 3.96. The third-order valence-electron chi connectivity index (χ3n) is 2.21. The van der Waals surface area contributed by atoms with Gasteiger partial charge in [-0.25, -0.2) is 9.78 Å². The maximum atomic E-state index is 11.0. The van der Waals surface area contributed by atoms with Gasteiger partial charge in [0, 0.05) is 25.1 Å². The highest BCUT2D eigenvalue weighted by Gasteiger charge is 2.22. The molecule has 0 aliphatic rings. The predicted octanol–water partition coefficient (Wildman–Crippen LogP) is 1.25. The first-order valence-corrected chi connectivity index (χ1v) is 6.12. The lowest BCUT2D eigenvalue weighted by Gasteiger charge is -2.16. The summed E-state index contributed by atoms with van der Waals surface area (Å²) < 4.78 is 9.04. The van der Waals surface area contributed by atoms with E-state index < -0.39 is 12.0 Å². The molecule has 7 heteroatoms. The van der Waals surface area contributed by atoms with Crippen LogP contribution >= 0.6 is 11.5 Å². The highest BCUT2D eigenvalue weighted by Crippen LogP contribution is 2.15. The molecule has 0 unspecified atom stereocenters. The molecular formula is C10H17N3O3S. The molecule has 0 aromatic carbocycles. The molecule has 0 saturated heterocycles. The lowest BCUT2D eigenvalue weighted by molar-refractivity contribution is -0.138. The van der Waals surface area contributed by atoms with Crippen LogP contribution < -0.4 is 5.32 Å². The third-order valence-corrected chi connectivity index (χ3v) is 2.89. The van der Waals surface area contributed by atoms with E-state index >= 15 is 0 Å². The van der Waals surface area contributed by atoms with E-state index in [0.29, 0.717) is 24.0 Å². The van der Waals surface area contributed by atoms with Crippen molar-refractivity contribution < 1.29 is 14.6 Å². The van der Waals surface area contributed by atoms with Gasteiger partial charge in [-0.15, -0.1) is 0 Å². The number of aliphatic carboxylic acids is 1. The zero-order chi connectivity index (χ0) is 12.8. The Morgan fingerprint density at radius 2 is 2.29 bits per heavy atom. The topological polar surface area (TPSA) is 84.3 Å². The maximum Gasteiger partial charge on any atom is 0.326 e. The van der Waals surface area contributed by atoms with Crippen LogP contribution in [-0.4, -0.2) is 40.2 Å². The van der Waals surface area contributed by atoms with E-state index in [0.717, 1.165) is 0 Å². The number of nitrogens with zero attached hydrogens (tertiary/aromatic N) is 2. The zero-order valence-electron chi connectivity index (χ0n) is 10.1. The third kappa shape index (κ3) is 4.27. The van der Waals surface area contributed by atoms with E-state index in [2.05, 4.69) is 14.7 Å². The minimum Gasteiger partial charge on any atom is -0.480 e. The van der Waals surface area contributed by atoms with Crippen molar-refractivity contribution in [3.8, 4) is 0 Å². The molecule has 0 fully saturated rings. The summed E-state index contributed by atoms with van der Waals surface area (Å²) in [6, 6.07) is -0.641. The summed E-state index contributed by atoms with van der Waals surface area (Å²) in [5.74, 6) is -0.222. The molecule has 1 aromatic heterocycles. The molecule has 0 bridgehead atoms. The van der Waals surface area contributed by atoms with Crippen LogP contribution in [-0.2, 0) is 16.0 Å². The number of rotatable bonds is 7. The molecule has 0 amide bonds. The van der Waals surface area contributed by atoms with Crippen LogP contribution in [0.1, 0.15) is 19.7 Å². The molecule has 6 nitrogen and oxygen atoms in total. The first kappa shape index (κ1) is 13.9. The van der Waals surface area contributed by atoms with E-state index in [1.807, 2.05) is 13.8 Å². The number of carboxylic acids is 1. The van der Waals surface area contributed by atoms with Crippen LogP contribution in [0.2, 0.25) is 0 Å². The van der Waals surface area contributed by atoms with Crippen LogP contribution in [0.25, 0.3) is 0 Å². The standard InChI is InChI=1S/C10H17N3O3S/c1-6(2)8(9(14)15)12-10-11-7(13-17-10)4-5-16-3/h6,8H,4-5H2,1-3H3,(H,14,15)(H,11,12,13)/t8-/m1/s1. The van der Waals surface area contributed by atoms with E-state index in [1.165, 1.54) is 11.5 Å². The number of nitrogens with one attached hydrogen (secondary N) is 1. The summed E-state index contributed by atoms with van der Waals surface area (Å²) in [7, 11) is 1.62. The Morgan fingerprint density at radius 1 is 1.59 bits per heavy atom. The molecule has 17 heavy (non-hydrogen) atoms. The van der Waals surface area contributed by atoms with Crippen molar-refractivity contribution in [1.82, 2.24) is 9.36 Å². The number of anilines is 1. The molecule has 96 valence electrons. The molecule has 0 saturated carbocycles. The number of hydrogen-bond acceptors (Lipinski definition) is 6. The quantitative estimate of drug-likeness (QED) is 0.766. The van der Waals surface area contributed by atoms with Crippen molar-refractivity contribution >= 4 is 22.6 Å². The van der Waals surface area contributed by atoms with Gasteiger partial charge >= 0.3 is 5.97 Å². The predicted molar refractivity (Wildman–Crippen MR) is 65.4 cm³/mol. The molecule has 1 rings (SSSR count). The Balaban J connectivity index is 2.61. The number of carbonyl (C=O) groups is 1. The fourth-order valence-electron chi connectivity index (χ4n) is 1.25. The van der Waals surface area contributed by atoms with Crippen molar-refractivity contribution in [1.29, 1.82) is 0 Å². The number of aromatic nitrogens is 2. The average molecular weight is 259 g/mol. The van der Waals surface area contributed by atoms with Gasteiger partial charge in [0.2, 0.25) is 5.13 Å². The molecular weight excluding hydrogens is 242 g/mol. The van der Waals surface area contributed by atoms with Crippen LogP contribution in [0, 0.1) is 5.92 Å². The highest BCUT2D eigenvalue weighted by molar-refractivity contribution is 7.09. The smallest absolute Gasteiger partial charge is 0.326 e. The normalized spacial score (nSPS) is 12.7. The van der Waals surface area contributed by atoms with E-state index in [9.17, 15) is 4.79 Å². The number of carboxylic acid groups (broad SMARTS) is 1. The number of methoxy groups -OCH3 is 1. The second-order valence-corrected chi connectivity index (χ2v) is 4.71. The van der Waals surface area contributed by atoms with E-state index in [4.69, 9.17) is 9.84 Å². The second kappa shape index (κ2) is 6.51. The van der Waals surface area contributed by atoms with Crippen molar-refractivity contribution in [2.75, 3.05) is 19.0 Å². The summed E-state index contributed by atoms with van der Waals surface area (Å²) in [5, 5.41) is 12.4. The van der Waals surface area contributed by atoms with Crippen molar-refractivity contribution in [3.05, 3.63) is 5.82 Å². The van der Waals surface area contributed by atoms with Gasteiger partial charge in [0.05, 0.1) is 6.61 Å². The van der Waals surface area contributed by atoms with Gasteiger partial charge in [0.1, 0.15) is 11.9 Å². The number of ether oxygens (including phenoxy) is 1. The van der Waals surface area contributed by atoms with Gasteiger partial charge < -0.3 is 15.2 Å². The van der Waals surface area contributed by atoms with Crippen LogP contribution in [0.4, 0.5) is 5.13 Å². The van der Waals surface area contributed by atoms with Crippen molar-refractivity contribution in [3.63, 3.8) is 0 Å². The molecule has 1 atom stereocenters. The Morgan fingerprint density at radius 3 is 2.82 bits per heavy atom. The SMILES string of the molecule is COCCc1nsc(N[C@@H](C(=O)O)C(C)C)n1. The van der Waals surface area contributed by atoms with Crippen LogP contribution in [0.3, 0.4) is 0 Å². The summed E-state index contributed by atoms with van der Waals surface area (Å²) in [5.41, 5.74) is 0. The molecule has 0 aliphatic heterocycles. The fraction of sp³-hybridized carbons (Fsp3) is 0.700. The first-order valence-electron chi connectivity index (χ1n) is 5.35. The summed E-state index contributed by atoms with van der Waals surface area (Å²) in [4.78, 5) is 15.2. The molecule has 1 aromatic rings. The largest absolute Gasteiger partial charge is 0.480 e. The van der Waals surface area contributed by atoms with Crippen LogP contribution in [0.15, 0.2) is 0 Å². The Kier molecular flexibility index (Phi) is 5.30. The molecule has 1 heterocycles. The minimum absolute atomic E-state index is 0.0150. The van der Waals surface area contributed by atoms with E-state index in [-0.39, 0.29) is 5.92 Å². The van der Waals surface area contributed by atoms with Crippen molar-refractivity contribution in [2.45, 2.75) is 26.3 Å². The molecule has 2 N–H and O–H groups in total.